The Hall–Kier alpha value is -0.940. The molecule has 2 atom stereocenters. The van der Waals surface area contributed by atoms with E-state index in [4.69, 9.17) is 4.74 Å². The molecule has 3 saturated heterocycles. The molecule has 0 unspecified atom stereocenters. The maximum atomic E-state index is 6.21. The zero-order valence-electron chi connectivity index (χ0n) is 16.2. The minimum absolute atomic E-state index is 0.367. The average Bonchev–Trinajstić information content (AvgIpc) is 3.27. The molecule has 144 valence electrons. The van der Waals surface area contributed by atoms with Gasteiger partial charge in [-0.05, 0) is 56.8 Å². The van der Waals surface area contributed by atoms with E-state index in [1.807, 2.05) is 0 Å². The number of benzene rings is 1. The Morgan fingerprint density at radius 2 is 1.62 bits per heavy atom. The fourth-order valence-electron chi connectivity index (χ4n) is 4.91. The summed E-state index contributed by atoms with van der Waals surface area (Å²) in [5.41, 5.74) is 1.42. The maximum absolute atomic E-state index is 6.21. The van der Waals surface area contributed by atoms with Crippen LogP contribution in [0.1, 0.15) is 31.2 Å². The minimum Gasteiger partial charge on any atom is -0.376 e. The molecule has 0 aromatic heterocycles. The van der Waals surface area contributed by atoms with Crippen LogP contribution in [0.2, 0.25) is 0 Å². The summed E-state index contributed by atoms with van der Waals surface area (Å²) in [6.45, 7) is 11.8. The second-order valence-electron chi connectivity index (χ2n) is 8.49. The molecule has 0 N–H and O–H groups in total. The molecule has 0 aliphatic carbocycles. The van der Waals surface area contributed by atoms with Crippen LogP contribution in [-0.4, -0.2) is 79.8 Å². The third-order valence-electron chi connectivity index (χ3n) is 6.23. The van der Waals surface area contributed by atoms with Crippen LogP contribution in [0.25, 0.3) is 0 Å². The van der Waals surface area contributed by atoms with Crippen LogP contribution < -0.4 is 0 Å². The molecule has 0 bridgehead atoms. The van der Waals surface area contributed by atoms with Crippen molar-refractivity contribution >= 4 is 0 Å². The normalized spacial score (nSPS) is 29.2. The fourth-order valence-corrected chi connectivity index (χ4v) is 4.91. The molecular formula is C22H35N3O. The molecule has 3 aliphatic heterocycles. The number of hydrogen-bond donors (Lipinski definition) is 0. The van der Waals surface area contributed by atoms with Gasteiger partial charge >= 0.3 is 0 Å². The molecular weight excluding hydrogens is 322 g/mol. The molecule has 0 amide bonds. The van der Waals surface area contributed by atoms with E-state index < -0.39 is 0 Å². The van der Waals surface area contributed by atoms with E-state index >= 15 is 0 Å². The number of likely N-dealkylation sites (tertiary alicyclic amines) is 2. The minimum atomic E-state index is 0.367. The highest BCUT2D eigenvalue weighted by atomic mass is 16.5. The first-order chi connectivity index (χ1) is 12.8. The average molecular weight is 358 g/mol. The molecule has 3 heterocycles. The van der Waals surface area contributed by atoms with Gasteiger partial charge in [0.2, 0.25) is 0 Å². The maximum Gasteiger partial charge on any atom is 0.0828 e. The Morgan fingerprint density at radius 1 is 0.808 bits per heavy atom. The third-order valence-corrected chi connectivity index (χ3v) is 6.23. The van der Waals surface area contributed by atoms with Crippen molar-refractivity contribution in [2.75, 3.05) is 59.0 Å². The molecule has 26 heavy (non-hydrogen) atoms. The van der Waals surface area contributed by atoms with Crippen LogP contribution in [0, 0.1) is 5.92 Å². The summed E-state index contributed by atoms with van der Waals surface area (Å²) < 4.78 is 6.21. The molecule has 3 fully saturated rings. The SMILES string of the molecule is c1ccc(CN2CCCO[C@H](CN3CC[C@H](CN4CCCC4)C3)C2)cc1. The van der Waals surface area contributed by atoms with Crippen molar-refractivity contribution in [2.45, 2.75) is 38.3 Å². The van der Waals surface area contributed by atoms with Crippen LogP contribution in [-0.2, 0) is 11.3 Å². The monoisotopic (exact) mass is 357 g/mol. The number of nitrogens with zero attached hydrogens (tertiary/aromatic N) is 3. The van der Waals surface area contributed by atoms with Gasteiger partial charge in [-0.2, -0.15) is 0 Å². The van der Waals surface area contributed by atoms with E-state index in [0.717, 1.165) is 45.1 Å². The van der Waals surface area contributed by atoms with Crippen molar-refractivity contribution in [3.63, 3.8) is 0 Å². The second-order valence-corrected chi connectivity index (χ2v) is 8.49. The smallest absolute Gasteiger partial charge is 0.0828 e. The summed E-state index contributed by atoms with van der Waals surface area (Å²) in [6.07, 6.45) is 5.71. The summed E-state index contributed by atoms with van der Waals surface area (Å²) in [5.74, 6) is 0.874. The Bertz CT molecular complexity index is 531. The topological polar surface area (TPSA) is 19.0 Å². The Labute approximate surface area is 159 Å². The fraction of sp³-hybridized carbons (Fsp3) is 0.727. The Kier molecular flexibility index (Phi) is 6.60. The van der Waals surface area contributed by atoms with E-state index in [1.165, 1.54) is 57.5 Å². The van der Waals surface area contributed by atoms with E-state index in [0.29, 0.717) is 6.10 Å². The van der Waals surface area contributed by atoms with E-state index in [2.05, 4.69) is 45.0 Å². The highest BCUT2D eigenvalue weighted by Crippen LogP contribution is 2.21. The van der Waals surface area contributed by atoms with Crippen molar-refractivity contribution in [3.8, 4) is 0 Å². The summed E-state index contributed by atoms with van der Waals surface area (Å²) in [7, 11) is 0. The quantitative estimate of drug-likeness (QED) is 0.779. The zero-order valence-corrected chi connectivity index (χ0v) is 16.2. The Balaban J connectivity index is 1.24. The highest BCUT2D eigenvalue weighted by Gasteiger charge is 2.28. The van der Waals surface area contributed by atoms with Crippen molar-refractivity contribution < 1.29 is 4.74 Å². The molecule has 3 aliphatic rings. The standard InChI is InChI=1S/C22H35N3O/c1-2-7-20(8-3-1)15-24-12-6-14-26-22(18-24)19-25-13-9-21(17-25)16-23-10-4-5-11-23/h1-3,7-8,21-22H,4-6,9-19H2/t21-,22+/m1/s1. The first-order valence-electron chi connectivity index (χ1n) is 10.7. The van der Waals surface area contributed by atoms with Gasteiger partial charge in [0, 0.05) is 45.9 Å². The van der Waals surface area contributed by atoms with E-state index in [1.54, 1.807) is 0 Å². The van der Waals surface area contributed by atoms with Crippen molar-refractivity contribution in [3.05, 3.63) is 35.9 Å². The summed E-state index contributed by atoms with van der Waals surface area (Å²) in [6, 6.07) is 10.9. The van der Waals surface area contributed by atoms with Gasteiger partial charge in [0.15, 0.2) is 0 Å². The van der Waals surface area contributed by atoms with Crippen LogP contribution >= 0.6 is 0 Å². The highest BCUT2D eigenvalue weighted by molar-refractivity contribution is 5.14. The van der Waals surface area contributed by atoms with Gasteiger partial charge in [-0.1, -0.05) is 30.3 Å². The second kappa shape index (κ2) is 9.32. The van der Waals surface area contributed by atoms with Gasteiger partial charge in [0.25, 0.3) is 0 Å². The number of ether oxygens (including phenoxy) is 1. The molecule has 0 saturated carbocycles. The largest absolute Gasteiger partial charge is 0.376 e. The molecule has 4 rings (SSSR count). The lowest BCUT2D eigenvalue weighted by Gasteiger charge is -2.27. The van der Waals surface area contributed by atoms with Crippen molar-refractivity contribution in [1.29, 1.82) is 0 Å². The van der Waals surface area contributed by atoms with E-state index in [9.17, 15) is 0 Å². The van der Waals surface area contributed by atoms with Crippen molar-refractivity contribution in [1.82, 2.24) is 14.7 Å². The van der Waals surface area contributed by atoms with Gasteiger partial charge in [-0.25, -0.2) is 0 Å². The molecule has 1 aromatic rings. The van der Waals surface area contributed by atoms with Gasteiger partial charge in [0.05, 0.1) is 6.10 Å². The van der Waals surface area contributed by atoms with Crippen LogP contribution in [0.5, 0.6) is 0 Å². The third kappa shape index (κ3) is 5.29. The molecule has 0 radical (unpaired) electrons. The first kappa shape index (κ1) is 18.4. The molecule has 4 heteroatoms. The predicted octanol–water partition coefficient (Wildman–Crippen LogP) is 2.70. The van der Waals surface area contributed by atoms with Gasteiger partial charge in [-0.3, -0.25) is 4.90 Å². The molecule has 0 spiro atoms. The van der Waals surface area contributed by atoms with Crippen LogP contribution in [0.4, 0.5) is 0 Å². The Morgan fingerprint density at radius 3 is 2.46 bits per heavy atom. The number of hydrogen-bond acceptors (Lipinski definition) is 4. The zero-order chi connectivity index (χ0) is 17.6. The van der Waals surface area contributed by atoms with Gasteiger partial charge in [0.1, 0.15) is 0 Å². The number of rotatable bonds is 6. The first-order valence-corrected chi connectivity index (χ1v) is 10.7. The van der Waals surface area contributed by atoms with Gasteiger partial charge in [-0.15, -0.1) is 0 Å². The lowest BCUT2D eigenvalue weighted by Crippen LogP contribution is -2.39. The van der Waals surface area contributed by atoms with E-state index in [-0.39, 0.29) is 0 Å². The summed E-state index contributed by atoms with van der Waals surface area (Å²) >= 11 is 0. The van der Waals surface area contributed by atoms with Gasteiger partial charge < -0.3 is 14.5 Å². The predicted molar refractivity (Wildman–Crippen MR) is 106 cm³/mol. The van der Waals surface area contributed by atoms with Crippen LogP contribution in [0.3, 0.4) is 0 Å². The van der Waals surface area contributed by atoms with Crippen molar-refractivity contribution in [2.24, 2.45) is 5.92 Å². The summed E-state index contributed by atoms with van der Waals surface area (Å²) in [4.78, 5) is 7.93. The molecule has 4 nitrogen and oxygen atoms in total. The summed E-state index contributed by atoms with van der Waals surface area (Å²) in [5, 5.41) is 0. The lowest BCUT2D eigenvalue weighted by atomic mass is 10.1. The molecule has 1 aromatic carbocycles. The van der Waals surface area contributed by atoms with Crippen LogP contribution in [0.15, 0.2) is 30.3 Å². The lowest BCUT2D eigenvalue weighted by molar-refractivity contribution is 0.0298.